The second-order valence-electron chi connectivity index (χ2n) is 5.47. The standard InChI is InChI=1S/C17H10ClF3O6S/c1-25-14-5-3-10(7-13(14)18)28(23,24)27-9-2-4-11-12(17(19,20)21)8-16(22)26-15(11)6-9/h2-8H,1H3. The molecule has 0 aliphatic rings. The van der Waals surface area contributed by atoms with E-state index in [-0.39, 0.29) is 21.4 Å². The Kier molecular flexibility index (Phi) is 5.02. The van der Waals surface area contributed by atoms with Crippen LogP contribution in [0, 0.1) is 0 Å². The van der Waals surface area contributed by atoms with Crippen molar-refractivity contribution in [3.05, 3.63) is 63.5 Å². The van der Waals surface area contributed by atoms with Crippen LogP contribution in [0.3, 0.4) is 0 Å². The zero-order valence-electron chi connectivity index (χ0n) is 13.9. The second-order valence-corrected chi connectivity index (χ2v) is 7.42. The first-order valence-electron chi connectivity index (χ1n) is 7.44. The summed E-state index contributed by atoms with van der Waals surface area (Å²) in [5.74, 6) is -0.102. The van der Waals surface area contributed by atoms with Gasteiger partial charge in [0.05, 0.1) is 17.7 Å². The molecule has 0 unspecified atom stereocenters. The Balaban J connectivity index is 2.03. The molecule has 0 atom stereocenters. The van der Waals surface area contributed by atoms with Crippen LogP contribution in [0.1, 0.15) is 5.56 Å². The number of rotatable bonds is 4. The van der Waals surface area contributed by atoms with Crippen molar-refractivity contribution in [1.82, 2.24) is 0 Å². The van der Waals surface area contributed by atoms with E-state index in [1.165, 1.54) is 19.2 Å². The molecule has 1 aromatic heterocycles. The largest absolute Gasteiger partial charge is 0.495 e. The molecule has 11 heteroatoms. The Bertz CT molecular complexity index is 1220. The number of benzene rings is 2. The van der Waals surface area contributed by atoms with E-state index in [1.54, 1.807) is 0 Å². The third-order valence-electron chi connectivity index (χ3n) is 3.64. The van der Waals surface area contributed by atoms with Gasteiger partial charge >= 0.3 is 21.9 Å². The fourth-order valence-corrected chi connectivity index (χ4v) is 3.68. The SMILES string of the molecule is COc1ccc(S(=O)(=O)Oc2ccc3c(C(F)(F)F)cc(=O)oc3c2)cc1Cl. The van der Waals surface area contributed by atoms with E-state index in [1.807, 2.05) is 0 Å². The van der Waals surface area contributed by atoms with Gasteiger partial charge < -0.3 is 13.3 Å². The van der Waals surface area contributed by atoms with Gasteiger partial charge in [0.25, 0.3) is 0 Å². The van der Waals surface area contributed by atoms with Gasteiger partial charge in [-0.2, -0.15) is 21.6 Å². The topological polar surface area (TPSA) is 82.8 Å². The van der Waals surface area contributed by atoms with Crippen LogP contribution in [-0.2, 0) is 16.3 Å². The number of fused-ring (bicyclic) bond motifs is 1. The minimum Gasteiger partial charge on any atom is -0.495 e. The molecule has 0 aliphatic carbocycles. The Morgan fingerprint density at radius 1 is 1.07 bits per heavy atom. The summed E-state index contributed by atoms with van der Waals surface area (Å²) in [7, 11) is -3.01. The third kappa shape index (κ3) is 3.92. The molecule has 2 aromatic carbocycles. The van der Waals surface area contributed by atoms with E-state index in [4.69, 9.17) is 24.9 Å². The molecule has 0 saturated carbocycles. The number of ether oxygens (including phenoxy) is 1. The number of alkyl halides is 3. The summed E-state index contributed by atoms with van der Waals surface area (Å²) in [6.45, 7) is 0. The molecule has 0 spiro atoms. The number of hydrogen-bond acceptors (Lipinski definition) is 6. The van der Waals surface area contributed by atoms with Crippen molar-refractivity contribution in [2.45, 2.75) is 11.1 Å². The van der Waals surface area contributed by atoms with Gasteiger partial charge in [0, 0.05) is 17.5 Å². The van der Waals surface area contributed by atoms with Gasteiger partial charge in [-0.15, -0.1) is 0 Å². The second kappa shape index (κ2) is 7.02. The minimum absolute atomic E-state index is 0.0199. The lowest BCUT2D eigenvalue weighted by Gasteiger charge is -2.11. The zero-order valence-corrected chi connectivity index (χ0v) is 15.5. The van der Waals surface area contributed by atoms with E-state index in [2.05, 4.69) is 0 Å². The maximum Gasteiger partial charge on any atom is 0.417 e. The first-order valence-corrected chi connectivity index (χ1v) is 9.23. The Labute approximate surface area is 161 Å². The van der Waals surface area contributed by atoms with Gasteiger partial charge in [-0.25, -0.2) is 4.79 Å². The maximum atomic E-state index is 13.1. The molecule has 0 amide bonds. The fraction of sp³-hybridized carbons (Fsp3) is 0.118. The lowest BCUT2D eigenvalue weighted by molar-refractivity contribution is -0.136. The number of halogens is 4. The van der Waals surface area contributed by atoms with Crippen molar-refractivity contribution in [2.75, 3.05) is 7.11 Å². The van der Waals surface area contributed by atoms with Crippen LogP contribution in [0.4, 0.5) is 13.2 Å². The number of methoxy groups -OCH3 is 1. The highest BCUT2D eigenvalue weighted by Gasteiger charge is 2.34. The highest BCUT2D eigenvalue weighted by molar-refractivity contribution is 7.87. The van der Waals surface area contributed by atoms with E-state index < -0.39 is 38.5 Å². The fourth-order valence-electron chi connectivity index (χ4n) is 2.41. The van der Waals surface area contributed by atoms with Crippen molar-refractivity contribution in [3.8, 4) is 11.5 Å². The predicted octanol–water partition coefficient (Wildman–Crippen LogP) is 4.24. The van der Waals surface area contributed by atoms with Gasteiger partial charge in [0.1, 0.15) is 22.0 Å². The van der Waals surface area contributed by atoms with Crippen molar-refractivity contribution < 1.29 is 34.9 Å². The van der Waals surface area contributed by atoms with Crippen LogP contribution in [-0.4, -0.2) is 15.5 Å². The van der Waals surface area contributed by atoms with Crippen molar-refractivity contribution >= 4 is 32.7 Å². The molecular formula is C17H10ClF3O6S. The smallest absolute Gasteiger partial charge is 0.417 e. The highest BCUT2D eigenvalue weighted by atomic mass is 35.5. The highest BCUT2D eigenvalue weighted by Crippen LogP contribution is 2.35. The van der Waals surface area contributed by atoms with Gasteiger partial charge in [-0.05, 0) is 30.3 Å². The molecule has 28 heavy (non-hydrogen) atoms. The maximum absolute atomic E-state index is 13.1. The average molecular weight is 435 g/mol. The van der Waals surface area contributed by atoms with E-state index in [0.29, 0.717) is 6.07 Å². The summed E-state index contributed by atoms with van der Waals surface area (Å²) in [4.78, 5) is 11.1. The summed E-state index contributed by atoms with van der Waals surface area (Å²) >= 11 is 5.89. The molecule has 0 aliphatic heterocycles. The molecule has 3 rings (SSSR count). The van der Waals surface area contributed by atoms with Gasteiger partial charge in [-0.1, -0.05) is 11.6 Å². The van der Waals surface area contributed by atoms with Crippen molar-refractivity contribution in [2.24, 2.45) is 0 Å². The molecule has 148 valence electrons. The molecule has 3 aromatic rings. The summed E-state index contributed by atoms with van der Waals surface area (Å²) in [6.07, 6.45) is -4.79. The summed E-state index contributed by atoms with van der Waals surface area (Å²) < 4.78 is 78.5. The van der Waals surface area contributed by atoms with Gasteiger partial charge in [0.15, 0.2) is 0 Å². The van der Waals surface area contributed by atoms with Gasteiger partial charge in [0.2, 0.25) is 0 Å². The molecule has 0 bridgehead atoms. The normalized spacial score (nSPS) is 12.2. The van der Waals surface area contributed by atoms with Crippen molar-refractivity contribution in [1.29, 1.82) is 0 Å². The van der Waals surface area contributed by atoms with Crippen LogP contribution in [0.15, 0.2) is 56.6 Å². The average Bonchev–Trinajstić information content (AvgIpc) is 2.59. The Hall–Kier alpha value is -2.72. The molecule has 0 fully saturated rings. The Morgan fingerprint density at radius 2 is 1.79 bits per heavy atom. The molecule has 1 heterocycles. The lowest BCUT2D eigenvalue weighted by atomic mass is 10.1. The Morgan fingerprint density at radius 3 is 2.39 bits per heavy atom. The first kappa shape index (κ1) is 20.0. The summed E-state index contributed by atoms with van der Waals surface area (Å²) in [5, 5.41) is -0.393. The van der Waals surface area contributed by atoms with Crippen LogP contribution >= 0.6 is 11.6 Å². The van der Waals surface area contributed by atoms with E-state index in [0.717, 1.165) is 24.3 Å². The number of hydrogen-bond donors (Lipinski definition) is 0. The van der Waals surface area contributed by atoms with E-state index >= 15 is 0 Å². The minimum atomic E-state index is -4.79. The first-order chi connectivity index (χ1) is 13.0. The zero-order chi connectivity index (χ0) is 20.7. The van der Waals surface area contributed by atoms with Crippen LogP contribution in [0.25, 0.3) is 11.0 Å². The molecule has 0 saturated heterocycles. The molecule has 6 nitrogen and oxygen atoms in total. The summed E-state index contributed by atoms with van der Waals surface area (Å²) in [6, 6.07) is 6.76. The van der Waals surface area contributed by atoms with Crippen LogP contribution in [0.5, 0.6) is 11.5 Å². The quantitative estimate of drug-likeness (QED) is 0.451. The van der Waals surface area contributed by atoms with E-state index in [9.17, 15) is 26.4 Å². The third-order valence-corrected chi connectivity index (χ3v) is 5.18. The molecule has 0 N–H and O–H groups in total. The monoisotopic (exact) mass is 434 g/mol. The van der Waals surface area contributed by atoms with Gasteiger partial charge in [-0.3, -0.25) is 0 Å². The lowest BCUT2D eigenvalue weighted by Crippen LogP contribution is -2.12. The molecule has 0 radical (unpaired) electrons. The van der Waals surface area contributed by atoms with Crippen LogP contribution in [0.2, 0.25) is 5.02 Å². The van der Waals surface area contributed by atoms with Crippen LogP contribution < -0.4 is 14.5 Å². The summed E-state index contributed by atoms with van der Waals surface area (Å²) in [5.41, 5.74) is -2.91. The predicted molar refractivity (Wildman–Crippen MR) is 93.3 cm³/mol. The molecular weight excluding hydrogens is 425 g/mol. The van der Waals surface area contributed by atoms with Crippen molar-refractivity contribution in [3.63, 3.8) is 0 Å².